The van der Waals surface area contributed by atoms with E-state index in [4.69, 9.17) is 16.3 Å². The Hall–Kier alpha value is -1.14. The van der Waals surface area contributed by atoms with Crippen LogP contribution in [0.2, 0.25) is 5.02 Å². The van der Waals surface area contributed by atoms with Crippen molar-refractivity contribution in [2.24, 2.45) is 5.92 Å². The first-order valence-corrected chi connectivity index (χ1v) is 8.04. The minimum Gasteiger partial charge on any atom is -0.375 e. The summed E-state index contributed by atoms with van der Waals surface area (Å²) >= 11 is 5.82. The van der Waals surface area contributed by atoms with Crippen molar-refractivity contribution < 1.29 is 9.53 Å². The molecule has 0 bridgehead atoms. The summed E-state index contributed by atoms with van der Waals surface area (Å²) in [6.07, 6.45) is 0.527. The van der Waals surface area contributed by atoms with Crippen LogP contribution in [0.3, 0.4) is 0 Å². The molecule has 1 fully saturated rings. The molecule has 2 atom stereocenters. The molecule has 0 saturated carbocycles. The van der Waals surface area contributed by atoms with Gasteiger partial charge in [-0.1, -0.05) is 23.7 Å². The van der Waals surface area contributed by atoms with Crippen LogP contribution in [0.15, 0.2) is 24.3 Å². The standard InChI is InChI=1S/C16H24ClN3O2/c1-11-15(12(2)20-19-11)9-16(21)18-7-8-22-10-13-3-5-14(17)6-4-13/h3-6,11-12,15,19-20H,7-10H2,1-2H3,(H,18,21). The topological polar surface area (TPSA) is 62.4 Å². The Morgan fingerprint density at radius 2 is 1.86 bits per heavy atom. The summed E-state index contributed by atoms with van der Waals surface area (Å²) in [7, 11) is 0. The van der Waals surface area contributed by atoms with E-state index in [0.717, 1.165) is 10.6 Å². The van der Waals surface area contributed by atoms with Gasteiger partial charge < -0.3 is 10.1 Å². The molecule has 0 spiro atoms. The number of ether oxygens (including phenoxy) is 1. The first kappa shape index (κ1) is 17.2. The van der Waals surface area contributed by atoms with Gasteiger partial charge in [0.25, 0.3) is 0 Å². The number of hydrazine groups is 1. The predicted octanol–water partition coefficient (Wildman–Crippen LogP) is 1.86. The molecule has 1 aliphatic heterocycles. The Balaban J connectivity index is 1.58. The van der Waals surface area contributed by atoms with Crippen molar-refractivity contribution in [1.29, 1.82) is 0 Å². The zero-order valence-corrected chi connectivity index (χ0v) is 13.8. The van der Waals surface area contributed by atoms with Gasteiger partial charge in [-0.2, -0.15) is 0 Å². The van der Waals surface area contributed by atoms with Crippen molar-refractivity contribution in [3.63, 3.8) is 0 Å². The van der Waals surface area contributed by atoms with E-state index in [1.165, 1.54) is 0 Å². The van der Waals surface area contributed by atoms with Crippen LogP contribution in [-0.4, -0.2) is 31.1 Å². The van der Waals surface area contributed by atoms with E-state index in [9.17, 15) is 4.79 Å². The molecule has 1 amide bonds. The lowest BCUT2D eigenvalue weighted by Crippen LogP contribution is -2.33. The largest absolute Gasteiger partial charge is 0.375 e. The van der Waals surface area contributed by atoms with E-state index in [1.54, 1.807) is 0 Å². The second-order valence-corrected chi connectivity index (χ2v) is 6.20. The maximum Gasteiger partial charge on any atom is 0.220 e. The first-order valence-electron chi connectivity index (χ1n) is 7.66. The molecule has 5 nitrogen and oxygen atoms in total. The number of amides is 1. The normalized spacial score (nSPS) is 24.4. The third-order valence-electron chi connectivity index (χ3n) is 3.99. The highest BCUT2D eigenvalue weighted by molar-refractivity contribution is 6.30. The van der Waals surface area contributed by atoms with Gasteiger partial charge in [-0.15, -0.1) is 0 Å². The number of halogens is 1. The number of hydrogen-bond acceptors (Lipinski definition) is 4. The lowest BCUT2D eigenvalue weighted by molar-refractivity contribution is -0.122. The maximum atomic E-state index is 11.9. The molecule has 22 heavy (non-hydrogen) atoms. The molecule has 0 aromatic heterocycles. The lowest BCUT2D eigenvalue weighted by Gasteiger charge is -2.17. The molecule has 1 saturated heterocycles. The van der Waals surface area contributed by atoms with Crippen molar-refractivity contribution in [3.8, 4) is 0 Å². The van der Waals surface area contributed by atoms with Gasteiger partial charge >= 0.3 is 0 Å². The molecule has 1 heterocycles. The monoisotopic (exact) mass is 325 g/mol. The van der Waals surface area contributed by atoms with Crippen LogP contribution in [0.1, 0.15) is 25.8 Å². The molecule has 6 heteroatoms. The van der Waals surface area contributed by atoms with Crippen LogP contribution >= 0.6 is 11.6 Å². The Bertz CT molecular complexity index is 471. The van der Waals surface area contributed by atoms with Gasteiger partial charge in [0, 0.05) is 36.0 Å². The highest BCUT2D eigenvalue weighted by Crippen LogP contribution is 2.18. The number of carbonyl (C=O) groups is 1. The fourth-order valence-electron chi connectivity index (χ4n) is 2.58. The van der Waals surface area contributed by atoms with Crippen LogP contribution in [-0.2, 0) is 16.1 Å². The molecule has 2 unspecified atom stereocenters. The van der Waals surface area contributed by atoms with Crippen LogP contribution in [0.5, 0.6) is 0 Å². The third-order valence-corrected chi connectivity index (χ3v) is 4.25. The van der Waals surface area contributed by atoms with Gasteiger partial charge in [0.15, 0.2) is 0 Å². The van der Waals surface area contributed by atoms with Crippen LogP contribution in [0.25, 0.3) is 0 Å². The molecule has 2 rings (SSSR count). The van der Waals surface area contributed by atoms with E-state index in [-0.39, 0.29) is 5.91 Å². The quantitative estimate of drug-likeness (QED) is 0.670. The molecular formula is C16H24ClN3O2. The summed E-state index contributed by atoms with van der Waals surface area (Å²) in [5, 5.41) is 3.62. The zero-order chi connectivity index (χ0) is 15.9. The van der Waals surface area contributed by atoms with E-state index in [2.05, 4.69) is 30.0 Å². The van der Waals surface area contributed by atoms with E-state index in [0.29, 0.717) is 44.2 Å². The highest BCUT2D eigenvalue weighted by Gasteiger charge is 2.31. The van der Waals surface area contributed by atoms with Crippen molar-refractivity contribution in [2.45, 2.75) is 39.0 Å². The average molecular weight is 326 g/mol. The van der Waals surface area contributed by atoms with Crippen molar-refractivity contribution >= 4 is 17.5 Å². The number of nitrogens with one attached hydrogen (secondary N) is 3. The van der Waals surface area contributed by atoms with Gasteiger partial charge in [-0.05, 0) is 31.5 Å². The molecule has 1 aliphatic rings. The number of hydrogen-bond donors (Lipinski definition) is 3. The third kappa shape index (κ3) is 5.25. The van der Waals surface area contributed by atoms with Gasteiger partial charge in [0.05, 0.1) is 13.2 Å². The van der Waals surface area contributed by atoms with Crippen molar-refractivity contribution in [3.05, 3.63) is 34.9 Å². The van der Waals surface area contributed by atoms with E-state index >= 15 is 0 Å². The minimum atomic E-state index is 0.0734. The van der Waals surface area contributed by atoms with Crippen LogP contribution in [0.4, 0.5) is 0 Å². The Kier molecular flexibility index (Phi) is 6.64. The Morgan fingerprint density at radius 1 is 1.23 bits per heavy atom. The summed E-state index contributed by atoms with van der Waals surface area (Å²) < 4.78 is 5.54. The number of rotatable bonds is 7. The van der Waals surface area contributed by atoms with Crippen molar-refractivity contribution in [2.75, 3.05) is 13.2 Å². The molecule has 0 aliphatic carbocycles. The molecule has 0 radical (unpaired) electrons. The fraction of sp³-hybridized carbons (Fsp3) is 0.562. The second-order valence-electron chi connectivity index (χ2n) is 5.76. The SMILES string of the molecule is CC1NNC(C)C1CC(=O)NCCOCc1ccc(Cl)cc1. The van der Waals surface area contributed by atoms with Crippen molar-refractivity contribution in [1.82, 2.24) is 16.2 Å². The fourth-order valence-corrected chi connectivity index (χ4v) is 2.71. The highest BCUT2D eigenvalue weighted by atomic mass is 35.5. The average Bonchev–Trinajstić information content (AvgIpc) is 2.81. The lowest BCUT2D eigenvalue weighted by atomic mass is 9.93. The summed E-state index contributed by atoms with van der Waals surface area (Å²) in [5.74, 6) is 0.388. The summed E-state index contributed by atoms with van der Waals surface area (Å²) in [6.45, 7) is 5.73. The molecular weight excluding hydrogens is 302 g/mol. The molecule has 1 aromatic rings. The van der Waals surface area contributed by atoms with Gasteiger partial charge in [-0.3, -0.25) is 15.6 Å². The Labute approximate surface area is 136 Å². The first-order chi connectivity index (χ1) is 10.6. The summed E-state index contributed by atoms with van der Waals surface area (Å²) in [4.78, 5) is 11.9. The molecule has 122 valence electrons. The molecule has 1 aromatic carbocycles. The summed E-state index contributed by atoms with van der Waals surface area (Å²) in [5.41, 5.74) is 7.39. The Morgan fingerprint density at radius 3 is 2.50 bits per heavy atom. The van der Waals surface area contributed by atoms with E-state index in [1.807, 2.05) is 24.3 Å². The minimum absolute atomic E-state index is 0.0734. The zero-order valence-electron chi connectivity index (χ0n) is 13.1. The second kappa shape index (κ2) is 8.48. The summed E-state index contributed by atoms with van der Waals surface area (Å²) in [6, 6.07) is 8.17. The smallest absolute Gasteiger partial charge is 0.220 e. The maximum absolute atomic E-state index is 11.9. The van der Waals surface area contributed by atoms with Crippen LogP contribution < -0.4 is 16.2 Å². The van der Waals surface area contributed by atoms with E-state index < -0.39 is 0 Å². The van der Waals surface area contributed by atoms with Crippen LogP contribution in [0, 0.1) is 5.92 Å². The molecule has 3 N–H and O–H groups in total. The van der Waals surface area contributed by atoms with Gasteiger partial charge in [0.1, 0.15) is 0 Å². The van der Waals surface area contributed by atoms with Gasteiger partial charge in [-0.25, -0.2) is 0 Å². The van der Waals surface area contributed by atoms with Gasteiger partial charge in [0.2, 0.25) is 5.91 Å². The number of benzene rings is 1. The number of carbonyl (C=O) groups excluding carboxylic acids is 1. The predicted molar refractivity (Wildman–Crippen MR) is 87.4 cm³/mol.